The Balaban J connectivity index is 0.000000394. The molecule has 0 spiro atoms. The minimum absolute atomic E-state index is 0.0129. The molecular weight excluding hydrogens is 282 g/mol. The highest BCUT2D eigenvalue weighted by molar-refractivity contribution is 5.87. The van der Waals surface area contributed by atoms with Crippen molar-refractivity contribution in [2.75, 3.05) is 6.54 Å². The van der Waals surface area contributed by atoms with Crippen molar-refractivity contribution in [3.8, 4) is 0 Å². The fourth-order valence-corrected chi connectivity index (χ4v) is 1.44. The largest absolute Gasteiger partial charge is 0.480 e. The summed E-state index contributed by atoms with van der Waals surface area (Å²) in [7, 11) is 0. The molecular formula is C11H21N5O5. The van der Waals surface area contributed by atoms with Crippen molar-refractivity contribution in [1.29, 1.82) is 0 Å². The number of rotatable bonds is 6. The van der Waals surface area contributed by atoms with Crippen LogP contribution in [0.1, 0.15) is 25.7 Å². The van der Waals surface area contributed by atoms with Crippen LogP contribution in [-0.4, -0.2) is 52.6 Å². The van der Waals surface area contributed by atoms with Crippen LogP contribution in [0.25, 0.3) is 0 Å². The molecule has 0 aromatic heterocycles. The molecule has 0 aromatic rings. The van der Waals surface area contributed by atoms with Crippen molar-refractivity contribution >= 4 is 23.8 Å². The molecule has 0 bridgehead atoms. The molecule has 1 saturated heterocycles. The number of hydrogen-bond donors (Lipinski definition) is 6. The van der Waals surface area contributed by atoms with Crippen molar-refractivity contribution < 1.29 is 24.6 Å². The maximum Gasteiger partial charge on any atom is 0.326 e. The summed E-state index contributed by atoms with van der Waals surface area (Å²) in [5, 5.41) is 19.0. The SMILES string of the molecule is NC(N)=NCCCC(N)C(=O)O.O=C1CCC(C(=O)O)N1. The number of carbonyl (C=O) groups is 3. The van der Waals surface area contributed by atoms with Gasteiger partial charge in [0, 0.05) is 13.0 Å². The lowest BCUT2D eigenvalue weighted by Gasteiger charge is -2.03. The summed E-state index contributed by atoms with van der Waals surface area (Å²) in [6.07, 6.45) is 1.72. The highest BCUT2D eigenvalue weighted by Crippen LogP contribution is 2.05. The van der Waals surface area contributed by atoms with Gasteiger partial charge in [0.15, 0.2) is 5.96 Å². The minimum atomic E-state index is -1.00. The van der Waals surface area contributed by atoms with Gasteiger partial charge in [-0.2, -0.15) is 0 Å². The van der Waals surface area contributed by atoms with Crippen LogP contribution >= 0.6 is 0 Å². The van der Waals surface area contributed by atoms with Gasteiger partial charge in [-0.1, -0.05) is 0 Å². The van der Waals surface area contributed by atoms with Gasteiger partial charge >= 0.3 is 11.9 Å². The van der Waals surface area contributed by atoms with Crippen LogP contribution in [0.2, 0.25) is 0 Å². The molecule has 0 aromatic carbocycles. The van der Waals surface area contributed by atoms with Crippen LogP contribution in [0.5, 0.6) is 0 Å². The van der Waals surface area contributed by atoms with Gasteiger partial charge in [0.05, 0.1) is 0 Å². The van der Waals surface area contributed by atoms with E-state index in [1.54, 1.807) is 0 Å². The molecule has 1 amide bonds. The zero-order valence-electron chi connectivity index (χ0n) is 11.5. The van der Waals surface area contributed by atoms with Crippen LogP contribution < -0.4 is 22.5 Å². The molecule has 9 N–H and O–H groups in total. The van der Waals surface area contributed by atoms with Crippen LogP contribution in [0.3, 0.4) is 0 Å². The van der Waals surface area contributed by atoms with Crippen molar-refractivity contribution in [3.05, 3.63) is 0 Å². The third kappa shape index (κ3) is 9.21. The molecule has 1 rings (SSSR count). The van der Waals surface area contributed by atoms with Gasteiger partial charge in [-0.25, -0.2) is 4.79 Å². The molecule has 1 aliphatic heterocycles. The highest BCUT2D eigenvalue weighted by Gasteiger charge is 2.26. The normalized spacial score (nSPS) is 18.0. The molecule has 0 radical (unpaired) electrons. The number of amides is 1. The van der Waals surface area contributed by atoms with E-state index in [0.29, 0.717) is 32.2 Å². The topological polar surface area (TPSA) is 194 Å². The second kappa shape index (κ2) is 9.53. The predicted molar refractivity (Wildman–Crippen MR) is 74.3 cm³/mol. The third-order valence-corrected chi connectivity index (χ3v) is 2.58. The monoisotopic (exact) mass is 303 g/mol. The van der Waals surface area contributed by atoms with Gasteiger partial charge in [0.2, 0.25) is 5.91 Å². The lowest BCUT2D eigenvalue weighted by molar-refractivity contribution is -0.140. The number of guanidine groups is 1. The summed E-state index contributed by atoms with van der Waals surface area (Å²) >= 11 is 0. The van der Waals surface area contributed by atoms with Crippen LogP contribution in [0.4, 0.5) is 0 Å². The molecule has 1 aliphatic rings. The first-order valence-corrected chi connectivity index (χ1v) is 6.30. The Bertz CT molecular complexity index is 408. The maximum absolute atomic E-state index is 10.4. The van der Waals surface area contributed by atoms with Gasteiger partial charge in [0.25, 0.3) is 0 Å². The lowest BCUT2D eigenvalue weighted by Crippen LogP contribution is -2.32. The summed E-state index contributed by atoms with van der Waals surface area (Å²) in [4.78, 5) is 34.4. The number of carboxylic acid groups (broad SMARTS) is 2. The van der Waals surface area contributed by atoms with Crippen LogP contribution in [-0.2, 0) is 14.4 Å². The average Bonchev–Trinajstić information content (AvgIpc) is 2.81. The maximum atomic E-state index is 10.4. The second-order valence-corrected chi connectivity index (χ2v) is 4.39. The van der Waals surface area contributed by atoms with E-state index in [-0.39, 0.29) is 11.9 Å². The molecule has 120 valence electrons. The van der Waals surface area contributed by atoms with E-state index < -0.39 is 24.0 Å². The average molecular weight is 303 g/mol. The standard InChI is InChI=1S/C6H14N4O2.C5H7NO3/c7-4(5(11)12)2-1-3-10-6(8)9;7-4-2-1-3(6-4)5(8)9/h4H,1-3,7H2,(H,11,12)(H4,8,9,10);3H,1-2H2,(H,6,7)(H,8,9). The summed E-state index contributed by atoms with van der Waals surface area (Å²) < 4.78 is 0. The van der Waals surface area contributed by atoms with Crippen molar-refractivity contribution in [2.24, 2.45) is 22.2 Å². The van der Waals surface area contributed by atoms with Gasteiger partial charge < -0.3 is 32.7 Å². The number of nitrogens with two attached hydrogens (primary N) is 3. The smallest absolute Gasteiger partial charge is 0.326 e. The van der Waals surface area contributed by atoms with Gasteiger partial charge in [-0.05, 0) is 19.3 Å². The van der Waals surface area contributed by atoms with Crippen LogP contribution in [0.15, 0.2) is 4.99 Å². The molecule has 10 heteroatoms. The van der Waals surface area contributed by atoms with Crippen molar-refractivity contribution in [2.45, 2.75) is 37.8 Å². The summed E-state index contributed by atoms with van der Waals surface area (Å²) in [5.74, 6) is -2.10. The molecule has 10 nitrogen and oxygen atoms in total. The van der Waals surface area contributed by atoms with Crippen LogP contribution in [0, 0.1) is 0 Å². The molecule has 1 heterocycles. The number of hydrogen-bond acceptors (Lipinski definition) is 5. The first kappa shape index (κ1) is 18.6. The molecule has 0 saturated carbocycles. The number of carboxylic acids is 2. The zero-order chi connectivity index (χ0) is 16.4. The van der Waals surface area contributed by atoms with Gasteiger partial charge in [0.1, 0.15) is 12.1 Å². The number of carbonyl (C=O) groups excluding carboxylic acids is 1. The number of nitrogens with zero attached hydrogens (tertiary/aromatic N) is 1. The molecule has 2 atom stereocenters. The van der Waals surface area contributed by atoms with Crippen molar-refractivity contribution in [3.63, 3.8) is 0 Å². The minimum Gasteiger partial charge on any atom is -0.480 e. The fraction of sp³-hybridized carbons (Fsp3) is 0.636. The Kier molecular flexibility index (Phi) is 8.46. The van der Waals surface area contributed by atoms with E-state index >= 15 is 0 Å². The van der Waals surface area contributed by atoms with E-state index in [1.807, 2.05) is 0 Å². The molecule has 2 unspecified atom stereocenters. The van der Waals surface area contributed by atoms with Gasteiger partial charge in [-0.15, -0.1) is 0 Å². The van der Waals surface area contributed by atoms with E-state index in [9.17, 15) is 14.4 Å². The van der Waals surface area contributed by atoms with Crippen molar-refractivity contribution in [1.82, 2.24) is 5.32 Å². The number of nitrogens with one attached hydrogen (secondary N) is 1. The summed E-state index contributed by atoms with van der Waals surface area (Å²) in [5.41, 5.74) is 15.3. The molecule has 1 fully saturated rings. The molecule has 0 aliphatic carbocycles. The number of aliphatic carboxylic acids is 2. The predicted octanol–water partition coefficient (Wildman–Crippen LogP) is -2.20. The zero-order valence-corrected chi connectivity index (χ0v) is 11.5. The van der Waals surface area contributed by atoms with E-state index in [4.69, 9.17) is 27.4 Å². The highest BCUT2D eigenvalue weighted by atomic mass is 16.4. The Morgan fingerprint density at radius 3 is 2.33 bits per heavy atom. The Labute approximate surface area is 121 Å². The Morgan fingerprint density at radius 2 is 2.00 bits per heavy atom. The summed E-state index contributed by atoms with van der Waals surface area (Å²) in [6, 6.07) is -1.46. The Hall–Kier alpha value is -2.36. The quantitative estimate of drug-likeness (QED) is 0.180. The first-order valence-electron chi connectivity index (χ1n) is 6.30. The van der Waals surface area contributed by atoms with E-state index in [1.165, 1.54) is 0 Å². The summed E-state index contributed by atoms with van der Waals surface area (Å²) in [6.45, 7) is 0.420. The molecule has 21 heavy (non-hydrogen) atoms. The fourth-order valence-electron chi connectivity index (χ4n) is 1.44. The first-order chi connectivity index (χ1) is 9.73. The second-order valence-electron chi connectivity index (χ2n) is 4.39. The third-order valence-electron chi connectivity index (χ3n) is 2.58. The lowest BCUT2D eigenvalue weighted by atomic mass is 10.2. The Morgan fingerprint density at radius 1 is 1.38 bits per heavy atom. The van der Waals surface area contributed by atoms with E-state index in [0.717, 1.165) is 0 Å². The van der Waals surface area contributed by atoms with E-state index in [2.05, 4.69) is 10.3 Å². The van der Waals surface area contributed by atoms with Gasteiger partial charge in [-0.3, -0.25) is 14.6 Å². The number of aliphatic imine (C=N–C) groups is 1.